The molecule has 2 aliphatic rings. The zero-order valence-corrected chi connectivity index (χ0v) is 15.1. The third-order valence-corrected chi connectivity index (χ3v) is 5.22. The molecule has 1 aliphatic heterocycles. The molecule has 1 heterocycles. The van der Waals surface area contributed by atoms with Crippen LogP contribution in [0, 0.1) is 5.92 Å². The molecular formula is C21H27NO3. The van der Waals surface area contributed by atoms with Crippen molar-refractivity contribution in [2.75, 3.05) is 0 Å². The Kier molecular flexibility index (Phi) is 5.26. The van der Waals surface area contributed by atoms with Crippen LogP contribution in [-0.2, 0) is 9.59 Å². The van der Waals surface area contributed by atoms with E-state index in [0.717, 1.165) is 31.2 Å². The molecule has 0 bridgehead atoms. The zero-order valence-electron chi connectivity index (χ0n) is 15.1. The summed E-state index contributed by atoms with van der Waals surface area (Å²) in [5.74, 6) is -0.658. The minimum atomic E-state index is -0.456. The van der Waals surface area contributed by atoms with Crippen LogP contribution in [-0.4, -0.2) is 27.7 Å². The summed E-state index contributed by atoms with van der Waals surface area (Å²) >= 11 is 0. The van der Waals surface area contributed by atoms with E-state index in [1.807, 2.05) is 44.2 Å². The number of carbonyl (C=O) groups excluding carboxylic acids is 2. The highest BCUT2D eigenvalue weighted by Gasteiger charge is 2.46. The third-order valence-electron chi connectivity index (χ3n) is 5.22. The lowest BCUT2D eigenvalue weighted by molar-refractivity contribution is -0.132. The number of hydrogen-bond acceptors (Lipinski definition) is 3. The number of aliphatic hydroxyl groups is 1. The number of nitrogens with zero attached hydrogens (tertiary/aromatic N) is 1. The van der Waals surface area contributed by atoms with Crippen molar-refractivity contribution in [3.8, 4) is 0 Å². The Morgan fingerprint density at radius 1 is 1.16 bits per heavy atom. The Morgan fingerprint density at radius 3 is 2.40 bits per heavy atom. The maximum Gasteiger partial charge on any atom is 0.290 e. The van der Waals surface area contributed by atoms with E-state index >= 15 is 0 Å². The van der Waals surface area contributed by atoms with Crippen molar-refractivity contribution in [3.05, 3.63) is 47.2 Å². The minimum absolute atomic E-state index is 0.0953. The quantitative estimate of drug-likeness (QED) is 0.867. The summed E-state index contributed by atoms with van der Waals surface area (Å²) in [5.41, 5.74) is 1.19. The van der Waals surface area contributed by atoms with Gasteiger partial charge in [0.1, 0.15) is 0 Å². The van der Waals surface area contributed by atoms with Gasteiger partial charge in [-0.3, -0.25) is 9.59 Å². The van der Waals surface area contributed by atoms with Gasteiger partial charge in [-0.1, -0.05) is 63.4 Å². The summed E-state index contributed by atoms with van der Waals surface area (Å²) in [5, 5.41) is 10.5. The van der Waals surface area contributed by atoms with Gasteiger partial charge in [0.05, 0.1) is 11.6 Å². The van der Waals surface area contributed by atoms with Gasteiger partial charge in [0.15, 0.2) is 11.5 Å². The molecule has 4 heteroatoms. The lowest BCUT2D eigenvalue weighted by Crippen LogP contribution is -2.41. The average Bonchev–Trinajstić information content (AvgIpc) is 2.87. The largest absolute Gasteiger partial charge is 0.503 e. The molecular weight excluding hydrogens is 314 g/mol. The Bertz CT molecular complexity index is 672. The van der Waals surface area contributed by atoms with Gasteiger partial charge in [-0.05, 0) is 24.3 Å². The number of carbonyl (C=O) groups is 2. The van der Waals surface area contributed by atoms with Crippen molar-refractivity contribution in [1.29, 1.82) is 0 Å². The van der Waals surface area contributed by atoms with Crippen LogP contribution in [0.4, 0.5) is 0 Å². The van der Waals surface area contributed by atoms with Crippen LogP contribution in [0.1, 0.15) is 64.0 Å². The van der Waals surface area contributed by atoms with Crippen molar-refractivity contribution < 1.29 is 14.7 Å². The Hall–Kier alpha value is -2.10. The number of amides is 1. The number of aliphatic hydroxyl groups excluding tert-OH is 1. The van der Waals surface area contributed by atoms with Crippen LogP contribution in [0.15, 0.2) is 41.7 Å². The van der Waals surface area contributed by atoms with Crippen LogP contribution in [0.5, 0.6) is 0 Å². The topological polar surface area (TPSA) is 57.6 Å². The van der Waals surface area contributed by atoms with Gasteiger partial charge in [-0.2, -0.15) is 0 Å². The Morgan fingerprint density at radius 2 is 1.80 bits per heavy atom. The average molecular weight is 341 g/mol. The van der Waals surface area contributed by atoms with Crippen molar-refractivity contribution >= 4 is 11.7 Å². The molecule has 1 amide bonds. The SMILES string of the molecule is CC(C)CC(=O)C1=C(O)C(=O)N(C2CCCCC2)C1c1ccccc1. The number of Topliss-reactive ketones (excluding diaryl/α,β-unsaturated/α-hetero) is 1. The molecule has 134 valence electrons. The molecule has 0 aromatic heterocycles. The summed E-state index contributed by atoms with van der Waals surface area (Å²) < 4.78 is 0. The second-order valence-electron chi connectivity index (χ2n) is 7.60. The lowest BCUT2D eigenvalue weighted by atomic mass is 9.89. The molecule has 1 unspecified atom stereocenters. The molecule has 25 heavy (non-hydrogen) atoms. The number of rotatable bonds is 5. The molecule has 1 atom stereocenters. The van der Waals surface area contributed by atoms with Crippen LogP contribution in [0.3, 0.4) is 0 Å². The van der Waals surface area contributed by atoms with Gasteiger partial charge in [-0.15, -0.1) is 0 Å². The van der Waals surface area contributed by atoms with Crippen molar-refractivity contribution in [2.45, 2.75) is 64.5 Å². The van der Waals surface area contributed by atoms with Gasteiger partial charge in [-0.25, -0.2) is 0 Å². The molecule has 4 nitrogen and oxygen atoms in total. The highest BCUT2D eigenvalue weighted by atomic mass is 16.3. The highest BCUT2D eigenvalue weighted by molar-refractivity contribution is 6.09. The second-order valence-corrected chi connectivity index (χ2v) is 7.60. The van der Waals surface area contributed by atoms with Crippen molar-refractivity contribution in [3.63, 3.8) is 0 Å². The molecule has 0 saturated heterocycles. The summed E-state index contributed by atoms with van der Waals surface area (Å²) in [7, 11) is 0. The highest BCUT2D eigenvalue weighted by Crippen LogP contribution is 2.42. The van der Waals surface area contributed by atoms with E-state index in [4.69, 9.17) is 0 Å². The van der Waals surface area contributed by atoms with Crippen LogP contribution >= 0.6 is 0 Å². The molecule has 1 N–H and O–H groups in total. The van der Waals surface area contributed by atoms with Crippen LogP contribution in [0.25, 0.3) is 0 Å². The molecule has 0 radical (unpaired) electrons. The Balaban J connectivity index is 2.02. The monoisotopic (exact) mass is 341 g/mol. The third kappa shape index (κ3) is 3.48. The van der Waals surface area contributed by atoms with Crippen molar-refractivity contribution in [1.82, 2.24) is 4.90 Å². The van der Waals surface area contributed by atoms with E-state index in [0.29, 0.717) is 6.42 Å². The molecule has 1 aliphatic carbocycles. The number of hydrogen-bond donors (Lipinski definition) is 1. The van der Waals surface area contributed by atoms with Gasteiger partial charge in [0, 0.05) is 12.5 Å². The fourth-order valence-electron chi connectivity index (χ4n) is 4.09. The molecule has 1 saturated carbocycles. The van der Waals surface area contributed by atoms with Crippen LogP contribution in [0.2, 0.25) is 0 Å². The maximum absolute atomic E-state index is 12.9. The molecule has 0 spiro atoms. The zero-order chi connectivity index (χ0) is 18.0. The molecule has 3 rings (SSSR count). The molecule has 1 fully saturated rings. The van der Waals surface area contributed by atoms with E-state index in [1.165, 1.54) is 6.42 Å². The predicted molar refractivity (Wildman–Crippen MR) is 97.0 cm³/mol. The first-order chi connectivity index (χ1) is 12.0. The van der Waals surface area contributed by atoms with Gasteiger partial charge in [0.2, 0.25) is 0 Å². The summed E-state index contributed by atoms with van der Waals surface area (Å²) in [6.45, 7) is 3.95. The first-order valence-corrected chi connectivity index (χ1v) is 9.34. The number of benzene rings is 1. The second kappa shape index (κ2) is 7.42. The Labute approximate surface area is 149 Å². The first kappa shape index (κ1) is 17.7. The molecule has 1 aromatic rings. The summed E-state index contributed by atoms with van der Waals surface area (Å²) in [6, 6.07) is 9.27. The van der Waals surface area contributed by atoms with E-state index < -0.39 is 6.04 Å². The fourth-order valence-corrected chi connectivity index (χ4v) is 4.09. The molecule has 1 aromatic carbocycles. The summed E-state index contributed by atoms with van der Waals surface area (Å²) in [4.78, 5) is 27.5. The van der Waals surface area contributed by atoms with Gasteiger partial charge in [0.25, 0.3) is 5.91 Å². The number of ketones is 1. The standard InChI is InChI=1S/C21H27NO3/c1-14(2)13-17(23)18-19(15-9-5-3-6-10-15)22(21(25)20(18)24)16-11-7-4-8-12-16/h3,5-6,9-10,14,16,19,24H,4,7-8,11-13H2,1-2H3. The van der Waals surface area contributed by atoms with Gasteiger partial charge < -0.3 is 10.0 Å². The van der Waals surface area contributed by atoms with E-state index in [9.17, 15) is 14.7 Å². The van der Waals surface area contributed by atoms with E-state index in [2.05, 4.69) is 0 Å². The smallest absolute Gasteiger partial charge is 0.290 e. The van der Waals surface area contributed by atoms with E-state index in [1.54, 1.807) is 4.90 Å². The van der Waals surface area contributed by atoms with E-state index in [-0.39, 0.29) is 35.0 Å². The van der Waals surface area contributed by atoms with Gasteiger partial charge >= 0.3 is 0 Å². The maximum atomic E-state index is 12.9. The minimum Gasteiger partial charge on any atom is -0.503 e. The normalized spacial score (nSPS) is 22.1. The lowest BCUT2D eigenvalue weighted by Gasteiger charge is -2.36. The summed E-state index contributed by atoms with van der Waals surface area (Å²) in [6.07, 6.45) is 5.58. The fraction of sp³-hybridized carbons (Fsp3) is 0.524. The van der Waals surface area contributed by atoms with Crippen molar-refractivity contribution in [2.24, 2.45) is 5.92 Å². The predicted octanol–water partition coefficient (Wildman–Crippen LogP) is 4.33. The first-order valence-electron chi connectivity index (χ1n) is 9.34. The van der Waals surface area contributed by atoms with Crippen LogP contribution < -0.4 is 0 Å².